The van der Waals surface area contributed by atoms with E-state index >= 15 is 4.39 Å². The smallest absolute Gasteiger partial charge is 0.338 e. The van der Waals surface area contributed by atoms with E-state index in [4.69, 9.17) is 57.9 Å². The number of nitrogens with zero attached hydrogens (tertiary/aromatic N) is 2. The average molecular weight is 1080 g/mol. The van der Waals surface area contributed by atoms with Crippen molar-refractivity contribution in [3.05, 3.63) is 169 Å². The minimum absolute atomic E-state index is 0.0336. The molecule has 72 heavy (non-hydrogen) atoms. The number of carbonyl (C=O) groups excluding carboxylic acids is 4. The van der Waals surface area contributed by atoms with E-state index in [0.29, 0.717) is 6.21 Å². The molecule has 384 valence electrons. The first kappa shape index (κ1) is 58.1. The number of aliphatic hydroxyl groups is 1. The molecule has 0 spiro atoms. The van der Waals surface area contributed by atoms with Crippen LogP contribution in [0.5, 0.6) is 0 Å². The fourth-order valence-corrected chi connectivity index (χ4v) is 7.97. The Labute approximate surface area is 429 Å². The van der Waals surface area contributed by atoms with E-state index in [1.54, 1.807) is 67.6 Å². The van der Waals surface area contributed by atoms with Gasteiger partial charge in [-0.25, -0.2) is 28.0 Å². The molecule has 0 fully saturated rings. The zero-order valence-corrected chi connectivity index (χ0v) is 42.5. The van der Waals surface area contributed by atoms with Crippen molar-refractivity contribution in [2.45, 2.75) is 69.3 Å². The lowest BCUT2D eigenvalue weighted by molar-refractivity contribution is -0.0594. The minimum Gasteiger partial charge on any atom is -0.459 e. The normalized spacial score (nSPS) is 13.9. The summed E-state index contributed by atoms with van der Waals surface area (Å²) in [7, 11) is -2.49. The summed E-state index contributed by atoms with van der Waals surface area (Å²) in [6, 6.07) is 27.5. The molecule has 0 aromatic heterocycles. The topological polar surface area (TPSA) is 212 Å². The van der Waals surface area contributed by atoms with Crippen molar-refractivity contribution in [3.63, 3.8) is 0 Å². The molecule has 5 rings (SSSR count). The summed E-state index contributed by atoms with van der Waals surface area (Å²) in [5.74, 6) is -3.42. The number of esters is 4. The first-order valence-corrected chi connectivity index (χ1v) is 23.9. The molecule has 0 heterocycles. The third kappa shape index (κ3) is 17.7. The molecule has 16 nitrogen and oxygen atoms in total. The molecule has 5 aromatic carbocycles. The average Bonchev–Trinajstić information content (AvgIpc) is 3.35. The zero-order chi connectivity index (χ0) is 53.1. The summed E-state index contributed by atoms with van der Waals surface area (Å²) in [5, 5.41) is 16.5. The third-order valence-corrected chi connectivity index (χ3v) is 12.4. The highest BCUT2D eigenvalue weighted by molar-refractivity contribution is 7.87. The maximum absolute atomic E-state index is 15.5. The number of hydrogen-bond donors (Lipinski definition) is 1. The number of benzene rings is 5. The number of rotatable bonds is 21. The number of alkyl halides is 2. The standard InChI is InChI=1S/C28H25Cl3FNO8S.C22H24FNO6/c1-16-4-8-18(9-5-16)27(34)39-15-24(41-42(36,37)25-13-21(30)20(29)12-22(25)31)26(23(32)14-33-38-3)40-28(35)19-10-6-17(2)7-11-19;1-14-4-8-16(9-5-14)21(26)29-13-19(25)20(18(23)12-24-28-3)30-22(27)17-10-6-15(2)7-11-17/h4-14,23-24,26H,15H2,1-3H3;4-12,18-20,25H,13H2,1-3H3/b;24-12-/t23-,24-,26+;18-,19-,20+/m11/s1. The maximum Gasteiger partial charge on any atom is 0.338 e. The molecule has 0 aliphatic carbocycles. The maximum atomic E-state index is 15.5. The minimum atomic E-state index is -4.85. The molecule has 5 aromatic rings. The Kier molecular flexibility index (Phi) is 22.5. The molecular weight excluding hydrogens is 1030 g/mol. The highest BCUT2D eigenvalue weighted by atomic mass is 35.5. The molecular formula is C50H49Cl3F2N2O14S. The van der Waals surface area contributed by atoms with Crippen molar-refractivity contribution >= 4 is 81.2 Å². The van der Waals surface area contributed by atoms with Gasteiger partial charge >= 0.3 is 23.9 Å². The van der Waals surface area contributed by atoms with Gasteiger partial charge in [-0.15, -0.1) is 0 Å². The van der Waals surface area contributed by atoms with E-state index in [1.807, 2.05) is 20.8 Å². The van der Waals surface area contributed by atoms with Crippen LogP contribution in [-0.4, -0.2) is 114 Å². The second kappa shape index (κ2) is 27.9. The number of hydrogen-bond acceptors (Lipinski definition) is 16. The van der Waals surface area contributed by atoms with Crippen molar-refractivity contribution in [1.82, 2.24) is 0 Å². The van der Waals surface area contributed by atoms with Gasteiger partial charge in [-0.05, 0) is 88.4 Å². The molecule has 0 saturated heterocycles. The van der Waals surface area contributed by atoms with Crippen molar-refractivity contribution < 1.29 is 74.3 Å². The van der Waals surface area contributed by atoms with E-state index in [9.17, 15) is 37.1 Å². The Bertz CT molecular complexity index is 2790. The summed E-state index contributed by atoms with van der Waals surface area (Å²) in [6.45, 7) is 5.87. The van der Waals surface area contributed by atoms with Crippen molar-refractivity contribution in [2.75, 3.05) is 27.4 Å². The Morgan fingerprint density at radius 2 is 0.903 bits per heavy atom. The third-order valence-electron chi connectivity index (χ3n) is 9.88. The molecule has 22 heteroatoms. The summed E-state index contributed by atoms with van der Waals surface area (Å²) in [6.07, 6.45) is -10.2. The monoisotopic (exact) mass is 1080 g/mol. The van der Waals surface area contributed by atoms with Crippen LogP contribution in [0.3, 0.4) is 0 Å². The Morgan fingerprint density at radius 3 is 1.31 bits per heavy atom. The van der Waals surface area contributed by atoms with Gasteiger partial charge in [0.15, 0.2) is 30.7 Å². The molecule has 0 saturated carbocycles. The summed E-state index contributed by atoms with van der Waals surface area (Å²) in [4.78, 5) is 58.5. The van der Waals surface area contributed by atoms with Gasteiger partial charge in [-0.3, -0.25) is 4.18 Å². The van der Waals surface area contributed by atoms with Crippen LogP contribution in [0, 0.1) is 27.7 Å². The number of carbonyl (C=O) groups is 4. The van der Waals surface area contributed by atoms with Gasteiger partial charge < -0.3 is 33.7 Å². The number of oxime groups is 2. The number of halogens is 5. The number of ether oxygens (including phenoxy) is 4. The van der Waals surface area contributed by atoms with Gasteiger partial charge in [0.1, 0.15) is 38.4 Å². The fourth-order valence-electron chi connectivity index (χ4n) is 5.92. The predicted octanol–water partition coefficient (Wildman–Crippen LogP) is 9.41. The van der Waals surface area contributed by atoms with Crippen LogP contribution in [0.15, 0.2) is 124 Å². The second-order valence-corrected chi connectivity index (χ2v) is 18.3. The summed E-state index contributed by atoms with van der Waals surface area (Å²) in [5.41, 5.74) is 4.23. The van der Waals surface area contributed by atoms with E-state index in [1.165, 1.54) is 43.5 Å². The lowest BCUT2D eigenvalue weighted by atomic mass is 10.1. The number of aryl methyl sites for hydroxylation is 4. The molecule has 0 unspecified atom stereocenters. The van der Waals surface area contributed by atoms with Gasteiger partial charge in [0.25, 0.3) is 10.1 Å². The molecule has 1 N–H and O–H groups in total. The molecule has 0 amide bonds. The van der Waals surface area contributed by atoms with Crippen LogP contribution in [0.4, 0.5) is 8.78 Å². The van der Waals surface area contributed by atoms with E-state index in [-0.39, 0.29) is 37.3 Å². The highest BCUT2D eigenvalue weighted by Crippen LogP contribution is 2.34. The lowest BCUT2D eigenvalue weighted by Crippen LogP contribution is -2.45. The zero-order valence-electron chi connectivity index (χ0n) is 39.4. The summed E-state index contributed by atoms with van der Waals surface area (Å²) < 4.78 is 82.9. The van der Waals surface area contributed by atoms with Crippen LogP contribution in [-0.2, 0) is 42.9 Å². The lowest BCUT2D eigenvalue weighted by Gasteiger charge is -2.27. The van der Waals surface area contributed by atoms with E-state index in [2.05, 4.69) is 20.0 Å². The van der Waals surface area contributed by atoms with E-state index < -0.39 is 88.9 Å². The van der Waals surface area contributed by atoms with Crippen LogP contribution >= 0.6 is 34.8 Å². The van der Waals surface area contributed by atoms with E-state index in [0.717, 1.165) is 47.7 Å². The van der Waals surface area contributed by atoms with Crippen LogP contribution < -0.4 is 0 Å². The van der Waals surface area contributed by atoms with Gasteiger partial charge in [-0.2, -0.15) is 8.42 Å². The van der Waals surface area contributed by atoms with Crippen LogP contribution in [0.25, 0.3) is 0 Å². The summed E-state index contributed by atoms with van der Waals surface area (Å²) >= 11 is 18.0. The first-order chi connectivity index (χ1) is 34.1. The quantitative estimate of drug-likeness (QED) is 0.0181. The highest BCUT2D eigenvalue weighted by Gasteiger charge is 2.40. The molecule has 0 radical (unpaired) electrons. The molecule has 0 aliphatic heterocycles. The van der Waals surface area contributed by atoms with Gasteiger partial charge in [-0.1, -0.05) is 116 Å². The van der Waals surface area contributed by atoms with Gasteiger partial charge in [0, 0.05) is 0 Å². The van der Waals surface area contributed by atoms with Gasteiger partial charge in [0.2, 0.25) is 0 Å². The SMILES string of the molecule is CO/N=C\[C@@H](F)[C@H](OC(=O)c1ccc(C)cc1)[C@H](O)COC(=O)c1ccc(C)cc1.CON=C[C@@H](F)[C@H](OC(=O)c1ccc(C)cc1)[C@@H](COC(=O)c1ccc(C)cc1)OS(=O)(=O)c1cc(Cl)c(Cl)cc1Cl. The largest absolute Gasteiger partial charge is 0.459 e. The Balaban J connectivity index is 0.000000331. The van der Waals surface area contributed by atoms with Gasteiger partial charge in [0.05, 0.1) is 49.8 Å². The first-order valence-electron chi connectivity index (χ1n) is 21.3. The van der Waals surface area contributed by atoms with Crippen LogP contribution in [0.1, 0.15) is 63.7 Å². The number of aliphatic hydroxyl groups excluding tert-OH is 1. The Morgan fingerprint density at radius 1 is 0.556 bits per heavy atom. The predicted molar refractivity (Wildman–Crippen MR) is 264 cm³/mol. The second-order valence-electron chi connectivity index (χ2n) is 15.5. The van der Waals surface area contributed by atoms with Crippen molar-refractivity contribution in [2.24, 2.45) is 10.3 Å². The molecule has 0 aliphatic rings. The fraction of sp³-hybridized carbons (Fsp3) is 0.280. The van der Waals surface area contributed by atoms with Crippen molar-refractivity contribution in [1.29, 1.82) is 0 Å². The van der Waals surface area contributed by atoms with Crippen molar-refractivity contribution in [3.8, 4) is 0 Å². The Hall–Kier alpha value is -6.48. The molecule has 0 bridgehead atoms. The molecule has 6 atom stereocenters. The van der Waals surface area contributed by atoms with Crippen LogP contribution in [0.2, 0.25) is 15.1 Å².